The first-order valence-electron chi connectivity index (χ1n) is 18.0. The molecule has 0 fully saturated rings. The number of benzene rings is 9. The van der Waals surface area contributed by atoms with Crippen molar-refractivity contribution in [2.45, 2.75) is 0 Å². The summed E-state index contributed by atoms with van der Waals surface area (Å²) in [5, 5.41) is 10.4. The summed E-state index contributed by atoms with van der Waals surface area (Å²) in [5.74, 6) is 0. The number of hydrogen-bond acceptors (Lipinski definition) is 3. The molecule has 0 aliphatic rings. The lowest BCUT2D eigenvalue weighted by molar-refractivity contribution is 1.30. The standard InChI is InChI=1S/C50H31NS2/c1-3-12-39-33(9-1)11-7-15-40(39)35-21-27-38(28-22-35)51(44-16-8-18-47-50(44)42-14-5-6-17-45(42)52-47)37-25-19-32(20-26-37)36-24-29-46-43(31-36)49-41-13-4-2-10-34(41)23-30-48(49)53-46/h1-31H. The third-order valence-electron chi connectivity index (χ3n) is 10.7. The van der Waals surface area contributed by atoms with Crippen molar-refractivity contribution >= 4 is 102 Å². The fourth-order valence-corrected chi connectivity index (χ4v) is 10.4. The number of nitrogens with zero attached hydrogens (tertiary/aromatic N) is 1. The van der Waals surface area contributed by atoms with Gasteiger partial charge in [-0.15, -0.1) is 22.7 Å². The summed E-state index contributed by atoms with van der Waals surface area (Å²) in [6.45, 7) is 0. The largest absolute Gasteiger partial charge is 0.310 e. The van der Waals surface area contributed by atoms with E-state index >= 15 is 0 Å². The molecule has 0 radical (unpaired) electrons. The van der Waals surface area contributed by atoms with Gasteiger partial charge in [0.2, 0.25) is 0 Å². The quantitative estimate of drug-likeness (QED) is 0.172. The van der Waals surface area contributed by atoms with E-state index in [2.05, 4.69) is 193 Å². The predicted octanol–water partition coefficient (Wildman–Crippen LogP) is 15.5. The van der Waals surface area contributed by atoms with Crippen LogP contribution in [0, 0.1) is 0 Å². The van der Waals surface area contributed by atoms with Crippen LogP contribution in [-0.2, 0) is 0 Å². The van der Waals surface area contributed by atoms with Gasteiger partial charge in [-0.25, -0.2) is 0 Å². The van der Waals surface area contributed by atoms with E-state index in [9.17, 15) is 0 Å². The van der Waals surface area contributed by atoms with Crippen molar-refractivity contribution in [1.82, 2.24) is 0 Å². The average Bonchev–Trinajstić information content (AvgIpc) is 3.80. The molecule has 1 nitrogen and oxygen atoms in total. The highest BCUT2D eigenvalue weighted by Crippen LogP contribution is 2.46. The molecule has 0 aliphatic carbocycles. The molecule has 0 saturated heterocycles. The number of rotatable bonds is 5. The van der Waals surface area contributed by atoms with E-state index in [4.69, 9.17) is 0 Å². The topological polar surface area (TPSA) is 3.24 Å². The van der Waals surface area contributed by atoms with Crippen LogP contribution >= 0.6 is 22.7 Å². The lowest BCUT2D eigenvalue weighted by Gasteiger charge is -2.27. The van der Waals surface area contributed by atoms with Crippen molar-refractivity contribution in [3.63, 3.8) is 0 Å². The van der Waals surface area contributed by atoms with Gasteiger partial charge in [-0.2, -0.15) is 0 Å². The van der Waals surface area contributed by atoms with Crippen molar-refractivity contribution in [3.05, 3.63) is 188 Å². The van der Waals surface area contributed by atoms with Crippen LogP contribution in [-0.4, -0.2) is 0 Å². The van der Waals surface area contributed by atoms with Crippen LogP contribution in [0.25, 0.3) is 84.1 Å². The van der Waals surface area contributed by atoms with E-state index in [1.165, 1.54) is 89.8 Å². The van der Waals surface area contributed by atoms with Gasteiger partial charge in [-0.05, 0) is 104 Å². The second-order valence-electron chi connectivity index (χ2n) is 13.7. The number of hydrogen-bond donors (Lipinski definition) is 0. The van der Waals surface area contributed by atoms with Crippen LogP contribution in [0.5, 0.6) is 0 Å². The monoisotopic (exact) mass is 709 g/mol. The van der Waals surface area contributed by atoms with Gasteiger partial charge in [0.1, 0.15) is 0 Å². The van der Waals surface area contributed by atoms with Crippen molar-refractivity contribution in [2.24, 2.45) is 0 Å². The average molecular weight is 710 g/mol. The molecule has 0 amide bonds. The minimum absolute atomic E-state index is 1.13. The molecule has 2 aromatic heterocycles. The van der Waals surface area contributed by atoms with Gasteiger partial charge >= 0.3 is 0 Å². The molecule has 11 aromatic rings. The van der Waals surface area contributed by atoms with E-state index in [1.54, 1.807) is 0 Å². The van der Waals surface area contributed by atoms with E-state index in [1.807, 2.05) is 22.7 Å². The summed E-state index contributed by atoms with van der Waals surface area (Å²) in [6.07, 6.45) is 0. The molecule has 0 spiro atoms. The molecule has 0 atom stereocenters. The van der Waals surface area contributed by atoms with E-state index in [0.29, 0.717) is 0 Å². The van der Waals surface area contributed by atoms with Gasteiger partial charge < -0.3 is 4.90 Å². The highest BCUT2D eigenvalue weighted by Gasteiger charge is 2.19. The maximum absolute atomic E-state index is 2.43. The fraction of sp³-hybridized carbons (Fsp3) is 0. The van der Waals surface area contributed by atoms with Crippen LogP contribution in [0.15, 0.2) is 188 Å². The SMILES string of the molecule is c1ccc2c(-c3ccc(N(c4ccc(-c5ccc6sc7ccc8ccccc8c7c6c5)cc4)c4cccc5sc6ccccc6c45)cc3)cccc2c1. The van der Waals surface area contributed by atoms with Gasteiger partial charge in [0, 0.05) is 51.7 Å². The number of anilines is 3. The van der Waals surface area contributed by atoms with E-state index in [0.717, 1.165) is 11.4 Å². The van der Waals surface area contributed by atoms with Crippen LogP contribution < -0.4 is 4.90 Å². The third-order valence-corrected chi connectivity index (χ3v) is 12.9. The molecule has 0 unspecified atom stereocenters. The molecule has 2 heterocycles. The van der Waals surface area contributed by atoms with Crippen molar-refractivity contribution in [2.75, 3.05) is 4.90 Å². The summed E-state index contributed by atoms with van der Waals surface area (Å²) < 4.78 is 5.26. The Morgan fingerprint density at radius 1 is 0.321 bits per heavy atom. The Morgan fingerprint density at radius 3 is 1.66 bits per heavy atom. The van der Waals surface area contributed by atoms with Gasteiger partial charge in [-0.3, -0.25) is 0 Å². The fourth-order valence-electron chi connectivity index (χ4n) is 8.17. The second kappa shape index (κ2) is 12.2. The third kappa shape index (κ3) is 4.97. The molecule has 0 bridgehead atoms. The van der Waals surface area contributed by atoms with Crippen LogP contribution in [0.4, 0.5) is 17.1 Å². The molecule has 53 heavy (non-hydrogen) atoms. The van der Waals surface area contributed by atoms with Crippen molar-refractivity contribution in [1.29, 1.82) is 0 Å². The zero-order valence-electron chi connectivity index (χ0n) is 28.7. The Bertz CT molecular complexity index is 3160. The highest BCUT2D eigenvalue weighted by atomic mass is 32.1. The van der Waals surface area contributed by atoms with Crippen molar-refractivity contribution < 1.29 is 0 Å². The zero-order valence-corrected chi connectivity index (χ0v) is 30.3. The Balaban J connectivity index is 1.05. The molecule has 248 valence electrons. The van der Waals surface area contributed by atoms with Crippen LogP contribution in [0.1, 0.15) is 0 Å². The summed E-state index contributed by atoms with van der Waals surface area (Å²) >= 11 is 3.74. The van der Waals surface area contributed by atoms with Gasteiger partial charge in [0.15, 0.2) is 0 Å². The lowest BCUT2D eigenvalue weighted by Crippen LogP contribution is -2.10. The molecule has 11 rings (SSSR count). The van der Waals surface area contributed by atoms with E-state index in [-0.39, 0.29) is 0 Å². The maximum atomic E-state index is 2.43. The summed E-state index contributed by atoms with van der Waals surface area (Å²) in [5.41, 5.74) is 8.34. The minimum Gasteiger partial charge on any atom is -0.310 e. The first-order chi connectivity index (χ1) is 26.3. The maximum Gasteiger partial charge on any atom is 0.0554 e. The normalized spacial score (nSPS) is 11.8. The molecule has 9 aromatic carbocycles. The lowest BCUT2D eigenvalue weighted by atomic mass is 9.98. The summed E-state index contributed by atoms with van der Waals surface area (Å²) in [7, 11) is 0. The Morgan fingerprint density at radius 2 is 0.868 bits per heavy atom. The predicted molar refractivity (Wildman–Crippen MR) is 233 cm³/mol. The van der Waals surface area contributed by atoms with Crippen LogP contribution in [0.3, 0.4) is 0 Å². The van der Waals surface area contributed by atoms with Crippen molar-refractivity contribution in [3.8, 4) is 22.3 Å². The van der Waals surface area contributed by atoms with Gasteiger partial charge in [-0.1, -0.05) is 127 Å². The Labute approximate surface area is 315 Å². The van der Waals surface area contributed by atoms with E-state index < -0.39 is 0 Å². The Hall–Kier alpha value is -6.26. The first kappa shape index (κ1) is 30.4. The molecule has 0 saturated carbocycles. The highest BCUT2D eigenvalue weighted by molar-refractivity contribution is 7.26. The molecule has 3 heteroatoms. The van der Waals surface area contributed by atoms with Crippen LogP contribution in [0.2, 0.25) is 0 Å². The zero-order chi connectivity index (χ0) is 34.9. The smallest absolute Gasteiger partial charge is 0.0554 e. The van der Waals surface area contributed by atoms with Gasteiger partial charge in [0.05, 0.1) is 5.69 Å². The molecular formula is C50H31NS2. The number of fused-ring (bicyclic) bond motifs is 9. The molecule has 0 N–H and O–H groups in total. The second-order valence-corrected chi connectivity index (χ2v) is 15.8. The molecular weight excluding hydrogens is 679 g/mol. The number of thiophene rings is 2. The minimum atomic E-state index is 1.13. The summed E-state index contributed by atoms with van der Waals surface area (Å²) in [6, 6.07) is 69.2. The van der Waals surface area contributed by atoms with Gasteiger partial charge in [0.25, 0.3) is 0 Å². The molecule has 0 aliphatic heterocycles. The summed E-state index contributed by atoms with van der Waals surface area (Å²) in [4.78, 5) is 2.43. The first-order valence-corrected chi connectivity index (χ1v) is 19.6. The Kier molecular flexibility index (Phi) is 6.97.